The van der Waals surface area contributed by atoms with Gasteiger partial charge < -0.3 is 24.6 Å². The van der Waals surface area contributed by atoms with E-state index in [9.17, 15) is 9.59 Å². The number of rotatable bonds is 6. The van der Waals surface area contributed by atoms with Gasteiger partial charge in [0.05, 0.1) is 26.1 Å². The van der Waals surface area contributed by atoms with Crippen molar-refractivity contribution < 1.29 is 19.1 Å². The van der Waals surface area contributed by atoms with E-state index in [0.29, 0.717) is 43.2 Å². The number of nitrogens with zero attached hydrogens (tertiary/aromatic N) is 3. The van der Waals surface area contributed by atoms with Gasteiger partial charge in [-0.05, 0) is 37.1 Å². The van der Waals surface area contributed by atoms with Crippen molar-refractivity contribution in [1.82, 2.24) is 9.88 Å². The number of piperazine rings is 1. The number of methoxy groups -OCH3 is 2. The number of ether oxygens (including phenoxy) is 2. The highest BCUT2D eigenvalue weighted by Crippen LogP contribution is 2.26. The number of carbonyl (C=O) groups excluding carboxylic acids is 2. The van der Waals surface area contributed by atoms with Crippen LogP contribution in [0.15, 0.2) is 36.5 Å². The monoisotopic (exact) mass is 452 g/mol. The van der Waals surface area contributed by atoms with Gasteiger partial charge in [-0.3, -0.25) is 9.59 Å². The first-order valence-electron chi connectivity index (χ1n) is 11.6. The molecule has 2 amide bonds. The van der Waals surface area contributed by atoms with Crippen LogP contribution >= 0.6 is 0 Å². The third-order valence-electron chi connectivity index (χ3n) is 6.48. The summed E-state index contributed by atoms with van der Waals surface area (Å²) in [4.78, 5) is 34.0. The molecule has 1 N–H and O–H groups in total. The van der Waals surface area contributed by atoms with Gasteiger partial charge in [0.15, 0.2) is 0 Å². The van der Waals surface area contributed by atoms with E-state index in [1.165, 1.54) is 6.42 Å². The maximum absolute atomic E-state index is 13.0. The molecule has 0 unspecified atom stereocenters. The Balaban J connectivity index is 1.32. The predicted octanol–water partition coefficient (Wildman–Crippen LogP) is 3.58. The Bertz CT molecular complexity index is 943. The number of amides is 2. The SMILES string of the molecule is COc1cc(OC)cc(C(=O)N2CCN(c3ccc(NC(=O)C4CCCCC4)cn3)CC2)c1. The lowest BCUT2D eigenvalue weighted by Crippen LogP contribution is -2.49. The zero-order chi connectivity index (χ0) is 23.2. The van der Waals surface area contributed by atoms with Crippen LogP contribution in [0.4, 0.5) is 11.5 Å². The second-order valence-corrected chi connectivity index (χ2v) is 8.61. The quantitative estimate of drug-likeness (QED) is 0.721. The van der Waals surface area contributed by atoms with Crippen LogP contribution in [0.2, 0.25) is 0 Å². The van der Waals surface area contributed by atoms with Crippen molar-refractivity contribution in [1.29, 1.82) is 0 Å². The molecule has 2 fully saturated rings. The molecule has 4 rings (SSSR count). The molecule has 1 saturated carbocycles. The second-order valence-electron chi connectivity index (χ2n) is 8.61. The van der Waals surface area contributed by atoms with Gasteiger partial charge in [0, 0.05) is 43.7 Å². The minimum atomic E-state index is -0.0411. The van der Waals surface area contributed by atoms with Gasteiger partial charge in [-0.1, -0.05) is 19.3 Å². The van der Waals surface area contributed by atoms with E-state index >= 15 is 0 Å². The average Bonchev–Trinajstić information content (AvgIpc) is 2.89. The molecular formula is C25H32N4O4. The Kier molecular flexibility index (Phi) is 7.32. The number of hydrogen-bond acceptors (Lipinski definition) is 6. The number of hydrogen-bond donors (Lipinski definition) is 1. The normalized spacial score (nSPS) is 16.9. The van der Waals surface area contributed by atoms with Gasteiger partial charge >= 0.3 is 0 Å². The number of aromatic nitrogens is 1. The summed E-state index contributed by atoms with van der Waals surface area (Å²) < 4.78 is 10.6. The molecule has 0 atom stereocenters. The molecule has 8 heteroatoms. The first-order valence-corrected chi connectivity index (χ1v) is 11.6. The lowest BCUT2D eigenvalue weighted by molar-refractivity contribution is -0.120. The Morgan fingerprint density at radius 2 is 1.61 bits per heavy atom. The summed E-state index contributed by atoms with van der Waals surface area (Å²) in [6.07, 6.45) is 7.17. The third kappa shape index (κ3) is 5.56. The van der Waals surface area contributed by atoms with E-state index in [4.69, 9.17) is 9.47 Å². The van der Waals surface area contributed by atoms with Crippen LogP contribution in [-0.4, -0.2) is 62.1 Å². The number of anilines is 2. The van der Waals surface area contributed by atoms with E-state index in [1.807, 2.05) is 17.0 Å². The molecule has 2 aliphatic rings. The van der Waals surface area contributed by atoms with Crippen molar-refractivity contribution in [2.24, 2.45) is 5.92 Å². The van der Waals surface area contributed by atoms with Crippen molar-refractivity contribution in [3.05, 3.63) is 42.1 Å². The number of nitrogens with one attached hydrogen (secondary N) is 1. The lowest BCUT2D eigenvalue weighted by Gasteiger charge is -2.35. The van der Waals surface area contributed by atoms with Crippen molar-refractivity contribution in [2.75, 3.05) is 50.6 Å². The summed E-state index contributed by atoms with van der Waals surface area (Å²) in [5.74, 6) is 2.22. The number of carbonyl (C=O) groups is 2. The smallest absolute Gasteiger partial charge is 0.254 e. The Hall–Kier alpha value is -3.29. The van der Waals surface area contributed by atoms with Crippen LogP contribution in [0.25, 0.3) is 0 Å². The standard InChI is InChI=1S/C25H32N4O4/c1-32-21-14-19(15-22(16-21)33-2)25(31)29-12-10-28(11-13-29)23-9-8-20(17-26-23)27-24(30)18-6-4-3-5-7-18/h8-9,14-18H,3-7,10-13H2,1-2H3,(H,27,30). The molecule has 1 saturated heterocycles. The first kappa shape index (κ1) is 22.9. The fourth-order valence-corrected chi connectivity index (χ4v) is 4.51. The molecular weight excluding hydrogens is 420 g/mol. The largest absolute Gasteiger partial charge is 0.497 e. The summed E-state index contributed by atoms with van der Waals surface area (Å²) in [5.41, 5.74) is 1.28. The maximum Gasteiger partial charge on any atom is 0.254 e. The number of benzene rings is 1. The van der Waals surface area contributed by atoms with E-state index < -0.39 is 0 Å². The Labute approximate surface area is 194 Å². The molecule has 2 heterocycles. The highest BCUT2D eigenvalue weighted by Gasteiger charge is 2.24. The fourth-order valence-electron chi connectivity index (χ4n) is 4.51. The van der Waals surface area contributed by atoms with Crippen molar-refractivity contribution in [3.8, 4) is 11.5 Å². The molecule has 0 bridgehead atoms. The summed E-state index contributed by atoms with van der Waals surface area (Å²) in [5, 5.41) is 3.01. The van der Waals surface area contributed by atoms with Crippen LogP contribution in [-0.2, 0) is 4.79 Å². The Morgan fingerprint density at radius 1 is 0.939 bits per heavy atom. The van der Waals surface area contributed by atoms with E-state index in [1.54, 1.807) is 38.6 Å². The molecule has 33 heavy (non-hydrogen) atoms. The summed E-state index contributed by atoms with van der Waals surface area (Å²) >= 11 is 0. The molecule has 1 aromatic carbocycles. The van der Waals surface area contributed by atoms with E-state index in [0.717, 1.165) is 37.2 Å². The highest BCUT2D eigenvalue weighted by molar-refractivity contribution is 5.95. The lowest BCUT2D eigenvalue weighted by atomic mass is 9.88. The van der Waals surface area contributed by atoms with Gasteiger partial charge in [0.25, 0.3) is 5.91 Å². The van der Waals surface area contributed by atoms with Crippen molar-refractivity contribution in [2.45, 2.75) is 32.1 Å². The Morgan fingerprint density at radius 3 is 2.18 bits per heavy atom. The second kappa shape index (κ2) is 10.6. The fraction of sp³-hybridized carbons (Fsp3) is 0.480. The van der Waals surface area contributed by atoms with Crippen LogP contribution in [0.3, 0.4) is 0 Å². The molecule has 176 valence electrons. The third-order valence-corrected chi connectivity index (χ3v) is 6.48. The molecule has 1 aromatic heterocycles. The van der Waals surface area contributed by atoms with Gasteiger partial charge in [0.2, 0.25) is 5.91 Å². The minimum absolute atomic E-state index is 0.0411. The average molecular weight is 453 g/mol. The van der Waals surface area contributed by atoms with Crippen LogP contribution in [0, 0.1) is 5.92 Å². The van der Waals surface area contributed by atoms with Crippen LogP contribution in [0.1, 0.15) is 42.5 Å². The van der Waals surface area contributed by atoms with E-state index in [2.05, 4.69) is 15.2 Å². The topological polar surface area (TPSA) is 84.0 Å². The molecule has 1 aliphatic heterocycles. The molecule has 8 nitrogen and oxygen atoms in total. The molecule has 2 aromatic rings. The number of pyridine rings is 1. The van der Waals surface area contributed by atoms with Crippen LogP contribution < -0.4 is 19.7 Å². The van der Waals surface area contributed by atoms with Crippen LogP contribution in [0.5, 0.6) is 11.5 Å². The summed E-state index contributed by atoms with van der Waals surface area (Å²) in [6, 6.07) is 9.06. The summed E-state index contributed by atoms with van der Waals surface area (Å²) in [7, 11) is 3.14. The van der Waals surface area contributed by atoms with Gasteiger partial charge in [-0.2, -0.15) is 0 Å². The van der Waals surface area contributed by atoms with Gasteiger partial charge in [-0.15, -0.1) is 0 Å². The van der Waals surface area contributed by atoms with Gasteiger partial charge in [-0.25, -0.2) is 4.98 Å². The van der Waals surface area contributed by atoms with Gasteiger partial charge in [0.1, 0.15) is 17.3 Å². The summed E-state index contributed by atoms with van der Waals surface area (Å²) in [6.45, 7) is 2.57. The molecule has 0 spiro atoms. The zero-order valence-corrected chi connectivity index (χ0v) is 19.4. The van der Waals surface area contributed by atoms with Crippen molar-refractivity contribution in [3.63, 3.8) is 0 Å². The maximum atomic E-state index is 13.0. The molecule has 0 radical (unpaired) electrons. The first-order chi connectivity index (χ1) is 16.1. The minimum Gasteiger partial charge on any atom is -0.497 e. The van der Waals surface area contributed by atoms with Crippen molar-refractivity contribution >= 4 is 23.3 Å². The highest BCUT2D eigenvalue weighted by atomic mass is 16.5. The van der Waals surface area contributed by atoms with E-state index in [-0.39, 0.29) is 17.7 Å². The zero-order valence-electron chi connectivity index (χ0n) is 19.4. The molecule has 1 aliphatic carbocycles. The predicted molar refractivity (Wildman–Crippen MR) is 127 cm³/mol.